The third-order valence-corrected chi connectivity index (χ3v) is 4.45. The molecule has 1 saturated heterocycles. The second kappa shape index (κ2) is 6.27. The molecule has 1 atom stereocenters. The Labute approximate surface area is 125 Å². The van der Waals surface area contributed by atoms with Crippen molar-refractivity contribution in [2.75, 3.05) is 18.4 Å². The molecule has 0 aliphatic carbocycles. The van der Waals surface area contributed by atoms with Crippen LogP contribution in [-0.2, 0) is 0 Å². The van der Waals surface area contributed by atoms with Gasteiger partial charge in [-0.1, -0.05) is 39.1 Å². The number of nitrogens with zero attached hydrogens (tertiary/aromatic N) is 1. The van der Waals surface area contributed by atoms with Crippen LogP contribution in [0.1, 0.15) is 23.2 Å². The Balaban J connectivity index is 2.05. The number of hydrogen-bond acceptors (Lipinski definition) is 1. The van der Waals surface area contributed by atoms with Gasteiger partial charge >= 0.3 is 0 Å². The molecule has 2 nitrogen and oxygen atoms in total. The summed E-state index contributed by atoms with van der Waals surface area (Å²) in [6.45, 7) is 1.67. The van der Waals surface area contributed by atoms with Gasteiger partial charge in [-0.25, -0.2) is 0 Å². The minimum Gasteiger partial charge on any atom is -0.338 e. The van der Waals surface area contributed by atoms with E-state index in [0.717, 1.165) is 31.3 Å². The molecule has 1 aromatic carbocycles. The summed E-state index contributed by atoms with van der Waals surface area (Å²) in [5, 5.41) is 1.90. The van der Waals surface area contributed by atoms with Gasteiger partial charge in [0.15, 0.2) is 0 Å². The molecule has 1 amide bonds. The summed E-state index contributed by atoms with van der Waals surface area (Å²) < 4.78 is 0. The Kier molecular flexibility index (Phi) is 4.93. The third kappa shape index (κ3) is 3.19. The molecule has 0 bridgehead atoms. The van der Waals surface area contributed by atoms with E-state index in [4.69, 9.17) is 23.2 Å². The molecule has 5 heteroatoms. The highest BCUT2D eigenvalue weighted by Crippen LogP contribution is 2.26. The number of rotatable bonds is 3. The summed E-state index contributed by atoms with van der Waals surface area (Å²) in [6, 6.07) is 5.04. The number of amides is 1. The molecule has 1 heterocycles. The minimum absolute atomic E-state index is 0.0469. The lowest BCUT2D eigenvalue weighted by molar-refractivity contribution is 0.0787. The maximum atomic E-state index is 12.3. The van der Waals surface area contributed by atoms with Crippen LogP contribution in [0.5, 0.6) is 0 Å². The van der Waals surface area contributed by atoms with Gasteiger partial charge in [-0.2, -0.15) is 0 Å². The number of likely N-dealkylation sites (tertiary alicyclic amines) is 1. The van der Waals surface area contributed by atoms with Crippen LogP contribution < -0.4 is 0 Å². The van der Waals surface area contributed by atoms with Crippen molar-refractivity contribution in [1.29, 1.82) is 0 Å². The number of carbonyl (C=O) groups is 1. The van der Waals surface area contributed by atoms with Gasteiger partial charge in [-0.15, -0.1) is 0 Å². The fourth-order valence-electron chi connectivity index (χ4n) is 2.22. The van der Waals surface area contributed by atoms with E-state index in [2.05, 4.69) is 15.9 Å². The van der Waals surface area contributed by atoms with Crippen molar-refractivity contribution >= 4 is 45.0 Å². The van der Waals surface area contributed by atoms with E-state index < -0.39 is 0 Å². The van der Waals surface area contributed by atoms with E-state index in [1.165, 1.54) is 0 Å². The zero-order chi connectivity index (χ0) is 13.1. The van der Waals surface area contributed by atoms with Crippen molar-refractivity contribution in [2.45, 2.75) is 12.8 Å². The third-order valence-electron chi connectivity index (χ3n) is 3.26. The molecular weight excluding hydrogens is 337 g/mol. The minimum atomic E-state index is 0.0469. The Morgan fingerprint density at radius 1 is 1.39 bits per heavy atom. The van der Waals surface area contributed by atoms with Gasteiger partial charge in [-0.3, -0.25) is 4.79 Å². The number of carbonyl (C=O) groups excluding carboxylic acids is 1. The van der Waals surface area contributed by atoms with Crippen molar-refractivity contribution in [2.24, 2.45) is 5.92 Å². The van der Waals surface area contributed by atoms with Crippen molar-refractivity contribution in [3.05, 3.63) is 33.8 Å². The normalized spacial score (nSPS) is 19.3. The van der Waals surface area contributed by atoms with E-state index >= 15 is 0 Å². The number of benzene rings is 1. The van der Waals surface area contributed by atoms with Crippen molar-refractivity contribution in [1.82, 2.24) is 4.90 Å². The average Bonchev–Trinajstić information content (AvgIpc) is 2.81. The van der Waals surface area contributed by atoms with E-state index in [9.17, 15) is 4.79 Å². The summed E-state index contributed by atoms with van der Waals surface area (Å²) in [7, 11) is 0. The first-order valence-electron chi connectivity index (χ1n) is 5.92. The molecule has 2 rings (SSSR count). The highest BCUT2D eigenvalue weighted by Gasteiger charge is 2.26. The van der Waals surface area contributed by atoms with E-state index in [0.29, 0.717) is 21.5 Å². The first kappa shape index (κ1) is 14.2. The van der Waals surface area contributed by atoms with Gasteiger partial charge in [0.05, 0.1) is 10.0 Å². The first-order chi connectivity index (χ1) is 8.61. The van der Waals surface area contributed by atoms with Crippen LogP contribution in [-0.4, -0.2) is 29.2 Å². The Bertz CT molecular complexity index is 453. The van der Waals surface area contributed by atoms with Crippen molar-refractivity contribution in [3.63, 3.8) is 0 Å². The highest BCUT2D eigenvalue weighted by atomic mass is 79.9. The van der Waals surface area contributed by atoms with Crippen LogP contribution >= 0.6 is 39.1 Å². The lowest BCUT2D eigenvalue weighted by Crippen LogP contribution is -2.28. The molecule has 1 aliphatic heterocycles. The Morgan fingerprint density at radius 3 is 2.83 bits per heavy atom. The van der Waals surface area contributed by atoms with Crippen LogP contribution in [0.2, 0.25) is 10.0 Å². The Morgan fingerprint density at radius 2 is 2.17 bits per heavy atom. The summed E-state index contributed by atoms with van der Waals surface area (Å²) in [6.07, 6.45) is 2.20. The topological polar surface area (TPSA) is 20.3 Å². The predicted octanol–water partition coefficient (Wildman–Crippen LogP) is 4.24. The molecule has 1 unspecified atom stereocenters. The van der Waals surface area contributed by atoms with Gasteiger partial charge in [0.1, 0.15) is 0 Å². The first-order valence-corrected chi connectivity index (χ1v) is 7.80. The van der Waals surface area contributed by atoms with Gasteiger partial charge in [0.25, 0.3) is 5.91 Å². The van der Waals surface area contributed by atoms with Crippen LogP contribution in [0.25, 0.3) is 0 Å². The zero-order valence-corrected chi connectivity index (χ0v) is 12.9. The summed E-state index contributed by atoms with van der Waals surface area (Å²) in [5.41, 5.74) is 0.615. The second-order valence-electron chi connectivity index (χ2n) is 4.51. The smallest absolute Gasteiger partial charge is 0.253 e. The van der Waals surface area contributed by atoms with Crippen LogP contribution in [0.3, 0.4) is 0 Å². The van der Waals surface area contributed by atoms with Crippen LogP contribution in [0.15, 0.2) is 18.2 Å². The largest absolute Gasteiger partial charge is 0.338 e. The summed E-state index contributed by atoms with van der Waals surface area (Å²) >= 11 is 15.2. The second-order valence-corrected chi connectivity index (χ2v) is 6.12. The van der Waals surface area contributed by atoms with Gasteiger partial charge in [0, 0.05) is 24.0 Å². The molecule has 0 saturated carbocycles. The van der Waals surface area contributed by atoms with Crippen LogP contribution in [0, 0.1) is 5.92 Å². The van der Waals surface area contributed by atoms with Crippen LogP contribution in [0.4, 0.5) is 0 Å². The van der Waals surface area contributed by atoms with Crippen molar-refractivity contribution < 1.29 is 4.79 Å². The quantitative estimate of drug-likeness (QED) is 0.746. The van der Waals surface area contributed by atoms with Gasteiger partial charge in [-0.05, 0) is 37.0 Å². The standard InChI is InChI=1S/C13H14BrCl2NO/c14-5-3-9-4-6-17(8-9)13(18)10-1-2-11(15)12(16)7-10/h1-2,7,9H,3-6,8H2. The van der Waals surface area contributed by atoms with E-state index in [1.54, 1.807) is 18.2 Å². The number of alkyl halides is 1. The maximum Gasteiger partial charge on any atom is 0.253 e. The fraction of sp³-hybridized carbons (Fsp3) is 0.462. The molecule has 1 aliphatic rings. The lowest BCUT2D eigenvalue weighted by atomic mass is 10.1. The fourth-order valence-corrected chi connectivity index (χ4v) is 3.16. The molecule has 0 spiro atoms. The Hall–Kier alpha value is -0.250. The van der Waals surface area contributed by atoms with E-state index in [-0.39, 0.29) is 5.91 Å². The molecule has 0 radical (unpaired) electrons. The summed E-state index contributed by atoms with van der Waals surface area (Å²) in [4.78, 5) is 14.2. The van der Waals surface area contributed by atoms with Gasteiger partial charge < -0.3 is 4.90 Å². The molecule has 0 N–H and O–H groups in total. The zero-order valence-electron chi connectivity index (χ0n) is 9.83. The number of hydrogen-bond donors (Lipinski definition) is 0. The summed E-state index contributed by atoms with van der Waals surface area (Å²) in [5.74, 6) is 0.654. The molecule has 98 valence electrons. The van der Waals surface area contributed by atoms with Crippen molar-refractivity contribution in [3.8, 4) is 0 Å². The van der Waals surface area contributed by atoms with Gasteiger partial charge in [0.2, 0.25) is 0 Å². The average molecular weight is 351 g/mol. The SMILES string of the molecule is O=C(c1ccc(Cl)c(Cl)c1)N1CCC(CCBr)C1. The highest BCUT2D eigenvalue weighted by molar-refractivity contribution is 9.09. The number of halogens is 3. The molecule has 1 aromatic rings. The predicted molar refractivity (Wildman–Crippen MR) is 78.9 cm³/mol. The van der Waals surface area contributed by atoms with E-state index in [1.807, 2.05) is 4.90 Å². The molecule has 18 heavy (non-hydrogen) atoms. The molecule has 0 aromatic heterocycles. The molecule has 1 fully saturated rings. The molecular formula is C13H14BrCl2NO. The maximum absolute atomic E-state index is 12.3. The lowest BCUT2D eigenvalue weighted by Gasteiger charge is -2.16. The monoisotopic (exact) mass is 349 g/mol.